The van der Waals surface area contributed by atoms with E-state index in [1.54, 1.807) is 43.0 Å². The summed E-state index contributed by atoms with van der Waals surface area (Å²) >= 11 is 1.58. The van der Waals surface area contributed by atoms with Crippen LogP contribution >= 0.6 is 11.8 Å². The predicted octanol–water partition coefficient (Wildman–Crippen LogP) is 0.375. The van der Waals surface area contributed by atoms with Gasteiger partial charge in [-0.2, -0.15) is 11.8 Å². The van der Waals surface area contributed by atoms with Crippen molar-refractivity contribution in [3.8, 4) is 0 Å². The number of benzene rings is 1. The van der Waals surface area contributed by atoms with Crippen LogP contribution in [0, 0.1) is 0 Å². The summed E-state index contributed by atoms with van der Waals surface area (Å²) in [5.74, 6) is -1.71. The zero-order valence-corrected chi connectivity index (χ0v) is 19.3. The van der Waals surface area contributed by atoms with Crippen LogP contribution in [-0.4, -0.2) is 76.4 Å². The van der Waals surface area contributed by atoms with Crippen molar-refractivity contribution < 1.29 is 24.3 Å². The number of hydrogen-bond acceptors (Lipinski definition) is 6. The molecule has 1 heterocycles. The van der Waals surface area contributed by atoms with Crippen molar-refractivity contribution in [1.82, 2.24) is 15.5 Å². The molecule has 4 atom stereocenters. The smallest absolute Gasteiger partial charge is 0.326 e. The molecule has 0 bridgehead atoms. The fourth-order valence-electron chi connectivity index (χ4n) is 3.63. The maximum Gasteiger partial charge on any atom is 0.326 e. The number of carboxylic acid groups (broad SMARTS) is 1. The molecule has 176 valence electrons. The molecule has 4 unspecified atom stereocenters. The molecule has 3 amide bonds. The van der Waals surface area contributed by atoms with Crippen molar-refractivity contribution in [3.05, 3.63) is 35.9 Å². The number of nitrogens with one attached hydrogen (secondary N) is 2. The van der Waals surface area contributed by atoms with E-state index in [9.17, 15) is 24.3 Å². The maximum atomic E-state index is 12.9. The summed E-state index contributed by atoms with van der Waals surface area (Å²) in [5, 5.41) is 14.7. The number of thioether (sulfide) groups is 1. The van der Waals surface area contributed by atoms with E-state index in [0.717, 1.165) is 11.3 Å². The van der Waals surface area contributed by atoms with Crippen molar-refractivity contribution in [2.24, 2.45) is 5.73 Å². The van der Waals surface area contributed by atoms with Crippen LogP contribution in [0.5, 0.6) is 0 Å². The van der Waals surface area contributed by atoms with Gasteiger partial charge in [0.15, 0.2) is 0 Å². The second-order valence-corrected chi connectivity index (χ2v) is 8.88. The Balaban J connectivity index is 1.98. The van der Waals surface area contributed by atoms with Crippen LogP contribution in [0.2, 0.25) is 0 Å². The number of carbonyl (C=O) groups excluding carboxylic acids is 3. The number of carbonyl (C=O) groups is 4. The molecule has 1 saturated heterocycles. The quantitative estimate of drug-likeness (QED) is 0.371. The van der Waals surface area contributed by atoms with Gasteiger partial charge >= 0.3 is 5.97 Å². The Labute approximate surface area is 192 Å². The number of carboxylic acids is 1. The lowest BCUT2D eigenvalue weighted by Crippen LogP contribution is -2.56. The summed E-state index contributed by atoms with van der Waals surface area (Å²) < 4.78 is 0. The molecule has 1 aliphatic rings. The molecular formula is C22H32N4O5S. The summed E-state index contributed by atoms with van der Waals surface area (Å²) in [6.45, 7) is 1.93. The number of nitrogens with zero attached hydrogens (tertiary/aromatic N) is 1. The highest BCUT2D eigenvalue weighted by molar-refractivity contribution is 7.98. The lowest BCUT2D eigenvalue weighted by molar-refractivity contribution is -0.144. The second-order valence-electron chi connectivity index (χ2n) is 7.90. The van der Waals surface area contributed by atoms with Gasteiger partial charge in [0, 0.05) is 13.0 Å². The van der Waals surface area contributed by atoms with Crippen LogP contribution < -0.4 is 16.4 Å². The van der Waals surface area contributed by atoms with Gasteiger partial charge in [-0.25, -0.2) is 4.79 Å². The normalized spacial score (nSPS) is 18.5. The highest BCUT2D eigenvalue weighted by Crippen LogP contribution is 2.19. The van der Waals surface area contributed by atoms with Gasteiger partial charge in [0.1, 0.15) is 18.1 Å². The first-order chi connectivity index (χ1) is 15.2. The topological polar surface area (TPSA) is 142 Å². The summed E-state index contributed by atoms with van der Waals surface area (Å²) in [6, 6.07) is 5.60. The van der Waals surface area contributed by atoms with E-state index in [2.05, 4.69) is 10.6 Å². The molecule has 1 aromatic rings. The van der Waals surface area contributed by atoms with Gasteiger partial charge in [-0.3, -0.25) is 14.4 Å². The lowest BCUT2D eigenvalue weighted by atomic mass is 10.1. The van der Waals surface area contributed by atoms with E-state index < -0.39 is 42.0 Å². The Bertz CT molecular complexity index is 807. The highest BCUT2D eigenvalue weighted by Gasteiger charge is 2.38. The molecule has 2 rings (SSSR count). The molecule has 0 saturated carbocycles. The number of nitrogens with two attached hydrogens (primary N) is 1. The largest absolute Gasteiger partial charge is 0.480 e. The number of aliphatic carboxylic acids is 1. The van der Waals surface area contributed by atoms with Gasteiger partial charge < -0.3 is 26.4 Å². The molecule has 0 aliphatic carbocycles. The first kappa shape index (κ1) is 25.7. The second kappa shape index (κ2) is 12.4. The minimum absolute atomic E-state index is 0.142. The fourth-order valence-corrected chi connectivity index (χ4v) is 4.12. The minimum atomic E-state index is -1.14. The van der Waals surface area contributed by atoms with E-state index in [4.69, 9.17) is 5.73 Å². The van der Waals surface area contributed by atoms with E-state index in [1.807, 2.05) is 12.3 Å². The Morgan fingerprint density at radius 3 is 2.53 bits per heavy atom. The Hall–Kier alpha value is -2.59. The molecule has 9 nitrogen and oxygen atoms in total. The van der Waals surface area contributed by atoms with Crippen LogP contribution in [-0.2, 0) is 25.6 Å². The molecule has 5 N–H and O–H groups in total. The lowest BCUT2D eigenvalue weighted by Gasteiger charge is -2.28. The average molecular weight is 465 g/mol. The third kappa shape index (κ3) is 7.23. The molecule has 1 fully saturated rings. The average Bonchev–Trinajstić information content (AvgIpc) is 3.26. The van der Waals surface area contributed by atoms with Crippen molar-refractivity contribution in [2.45, 2.75) is 56.8 Å². The molecule has 10 heteroatoms. The fraction of sp³-hybridized carbons (Fsp3) is 0.545. The highest BCUT2D eigenvalue weighted by atomic mass is 32.2. The van der Waals surface area contributed by atoms with Gasteiger partial charge in [0.2, 0.25) is 17.7 Å². The van der Waals surface area contributed by atoms with Crippen molar-refractivity contribution in [2.75, 3.05) is 18.6 Å². The van der Waals surface area contributed by atoms with Gasteiger partial charge in [-0.05, 0) is 43.8 Å². The molecular weight excluding hydrogens is 432 g/mol. The number of likely N-dealkylation sites (tertiary alicyclic amines) is 1. The van der Waals surface area contributed by atoms with E-state index >= 15 is 0 Å². The molecule has 0 radical (unpaired) electrons. The molecule has 32 heavy (non-hydrogen) atoms. The van der Waals surface area contributed by atoms with Gasteiger partial charge in [-0.1, -0.05) is 30.3 Å². The van der Waals surface area contributed by atoms with E-state index in [1.165, 1.54) is 4.90 Å². The van der Waals surface area contributed by atoms with Gasteiger partial charge in [0.25, 0.3) is 0 Å². The van der Waals surface area contributed by atoms with Crippen molar-refractivity contribution in [1.29, 1.82) is 0 Å². The van der Waals surface area contributed by atoms with Gasteiger partial charge in [-0.15, -0.1) is 0 Å². The molecule has 0 spiro atoms. The summed E-state index contributed by atoms with van der Waals surface area (Å²) in [5.41, 5.74) is 6.64. The van der Waals surface area contributed by atoms with Crippen LogP contribution in [0.3, 0.4) is 0 Å². The zero-order chi connectivity index (χ0) is 23.7. The van der Waals surface area contributed by atoms with Gasteiger partial charge in [0.05, 0.1) is 6.04 Å². The molecule has 1 aromatic carbocycles. The standard InChI is InChI=1S/C22H32N4O5S/c1-14(24-19(27)16(23)10-12-32-2)21(29)26-11-6-9-18(26)20(28)25-17(22(30)31)13-15-7-4-3-5-8-15/h3-5,7-8,14,16-18H,6,9-13,23H2,1-2H3,(H,24,27)(H,25,28)(H,30,31). The zero-order valence-electron chi connectivity index (χ0n) is 18.5. The maximum absolute atomic E-state index is 12.9. The Morgan fingerprint density at radius 2 is 1.91 bits per heavy atom. The van der Waals surface area contributed by atoms with Crippen LogP contribution in [0.4, 0.5) is 0 Å². The number of hydrogen-bond donors (Lipinski definition) is 4. The number of rotatable bonds is 11. The predicted molar refractivity (Wildman–Crippen MR) is 123 cm³/mol. The van der Waals surface area contributed by atoms with Crippen molar-refractivity contribution in [3.63, 3.8) is 0 Å². The number of amides is 3. The Morgan fingerprint density at radius 1 is 1.22 bits per heavy atom. The van der Waals surface area contributed by atoms with E-state index in [-0.39, 0.29) is 12.3 Å². The third-order valence-corrected chi connectivity index (χ3v) is 6.08. The first-order valence-electron chi connectivity index (χ1n) is 10.7. The van der Waals surface area contributed by atoms with Crippen LogP contribution in [0.15, 0.2) is 30.3 Å². The summed E-state index contributed by atoms with van der Waals surface area (Å²) in [4.78, 5) is 51.1. The van der Waals surface area contributed by atoms with Crippen LogP contribution in [0.25, 0.3) is 0 Å². The molecule has 0 aromatic heterocycles. The minimum Gasteiger partial charge on any atom is -0.480 e. The summed E-state index contributed by atoms with van der Waals surface area (Å²) in [6.07, 6.45) is 3.62. The van der Waals surface area contributed by atoms with Crippen molar-refractivity contribution >= 4 is 35.5 Å². The third-order valence-electron chi connectivity index (χ3n) is 5.43. The molecule has 1 aliphatic heterocycles. The van der Waals surface area contributed by atoms with E-state index in [0.29, 0.717) is 25.8 Å². The first-order valence-corrected chi connectivity index (χ1v) is 12.1. The SMILES string of the molecule is CSCCC(N)C(=O)NC(C)C(=O)N1CCCC1C(=O)NC(Cc1ccccc1)C(=O)O. The Kier molecular flexibility index (Phi) is 9.98. The summed E-state index contributed by atoms with van der Waals surface area (Å²) in [7, 11) is 0. The van der Waals surface area contributed by atoms with Crippen LogP contribution in [0.1, 0.15) is 31.7 Å². The monoisotopic (exact) mass is 464 g/mol.